The molecule has 0 saturated heterocycles. The van der Waals surface area contributed by atoms with Crippen molar-refractivity contribution in [3.8, 4) is 19.9 Å². The first-order chi connectivity index (χ1) is 8.45. The van der Waals surface area contributed by atoms with Gasteiger partial charge in [0.2, 0.25) is 0 Å². The van der Waals surface area contributed by atoms with Crippen LogP contribution in [-0.4, -0.2) is 20.4 Å². The van der Waals surface area contributed by atoms with Crippen LogP contribution in [0.25, 0.3) is 0 Å². The summed E-state index contributed by atoms with van der Waals surface area (Å²) in [6.07, 6.45) is 0. The van der Waals surface area contributed by atoms with Crippen LogP contribution in [0.3, 0.4) is 0 Å². The molecule has 76 valence electrons. The molecular formula is C16H10Mg. The van der Waals surface area contributed by atoms with E-state index in [9.17, 15) is 0 Å². The first-order valence-electron chi connectivity index (χ1n) is 5.53. The molecule has 0 aliphatic carbocycles. The van der Waals surface area contributed by atoms with E-state index in [0.717, 1.165) is 11.1 Å². The van der Waals surface area contributed by atoms with E-state index < -0.39 is 20.4 Å². The highest BCUT2D eigenvalue weighted by Gasteiger charge is 1.84. The standard InChI is InChI=1S/2C8H5.Mg/c2*1-2-8-6-4-3-5-7-8;/h2*3-7H;. The molecule has 0 aromatic heterocycles. The predicted molar refractivity (Wildman–Crippen MR) is 72.4 cm³/mol. The van der Waals surface area contributed by atoms with Gasteiger partial charge in [-0.05, 0) is 24.3 Å². The minimum atomic E-state index is -0.599. The van der Waals surface area contributed by atoms with Crippen LogP contribution in [0, 0.1) is 19.9 Å². The molecule has 1 heteroatoms. The number of hydrogen-bond donors (Lipinski definition) is 0. The SMILES string of the molecule is [C](#Cc1ccccc1)[Mg][C]#Cc1ccccc1. The molecule has 0 aliphatic rings. The van der Waals surface area contributed by atoms with Gasteiger partial charge in [0.05, 0.1) is 0 Å². The van der Waals surface area contributed by atoms with Crippen LogP contribution in [0.1, 0.15) is 11.1 Å². The first-order valence-corrected chi connectivity index (χ1v) is 6.94. The molecule has 17 heavy (non-hydrogen) atoms. The minimum absolute atomic E-state index is 0.599. The van der Waals surface area contributed by atoms with Crippen LogP contribution in [0.2, 0.25) is 0 Å². The lowest BCUT2D eigenvalue weighted by Gasteiger charge is -1.86. The summed E-state index contributed by atoms with van der Waals surface area (Å²) < 4.78 is 6.37. The Kier molecular flexibility index (Phi) is 4.73. The summed E-state index contributed by atoms with van der Waals surface area (Å²) in [5.41, 5.74) is 2.14. The number of rotatable bonds is 0. The minimum Gasteiger partial charge on any atom is -0.244 e. The smallest absolute Gasteiger partial charge is 0.244 e. The Morgan fingerprint density at radius 1 is 0.588 bits per heavy atom. The Morgan fingerprint density at radius 2 is 1.00 bits per heavy atom. The summed E-state index contributed by atoms with van der Waals surface area (Å²) in [7, 11) is 0. The van der Waals surface area contributed by atoms with Crippen molar-refractivity contribution in [1.82, 2.24) is 0 Å². The van der Waals surface area contributed by atoms with Crippen LogP contribution in [0.15, 0.2) is 60.7 Å². The van der Waals surface area contributed by atoms with Gasteiger partial charge >= 0.3 is 20.4 Å². The van der Waals surface area contributed by atoms with E-state index in [1.807, 2.05) is 60.7 Å². The Balaban J connectivity index is 1.93. The van der Waals surface area contributed by atoms with Crippen molar-refractivity contribution < 1.29 is 0 Å². The molecule has 0 unspecified atom stereocenters. The topological polar surface area (TPSA) is 0 Å². The molecule has 2 rings (SSSR count). The van der Waals surface area contributed by atoms with E-state index in [4.69, 9.17) is 0 Å². The Bertz CT molecular complexity index is 522. The van der Waals surface area contributed by atoms with Crippen LogP contribution in [0.5, 0.6) is 0 Å². The van der Waals surface area contributed by atoms with E-state index in [1.165, 1.54) is 0 Å². The number of benzene rings is 2. The van der Waals surface area contributed by atoms with Crippen molar-refractivity contribution in [3.63, 3.8) is 0 Å². The van der Waals surface area contributed by atoms with Gasteiger partial charge in [-0.1, -0.05) is 36.4 Å². The highest BCUT2D eigenvalue weighted by atomic mass is 24.5. The van der Waals surface area contributed by atoms with E-state index in [-0.39, 0.29) is 0 Å². The molecule has 0 saturated carbocycles. The lowest BCUT2D eigenvalue weighted by atomic mass is 10.2. The molecule has 0 fully saturated rings. The maximum Gasteiger partial charge on any atom is 0.579 e. The third-order valence-corrected chi connectivity index (χ3v) is 2.90. The van der Waals surface area contributed by atoms with Gasteiger partial charge in [0.25, 0.3) is 0 Å². The second-order valence-electron chi connectivity index (χ2n) is 3.51. The van der Waals surface area contributed by atoms with E-state index in [0.29, 0.717) is 0 Å². The zero-order chi connectivity index (χ0) is 11.8. The summed E-state index contributed by atoms with van der Waals surface area (Å²) in [4.78, 5) is 0. The van der Waals surface area contributed by atoms with Crippen LogP contribution in [-0.2, 0) is 0 Å². The number of hydrogen-bond acceptors (Lipinski definition) is 0. The van der Waals surface area contributed by atoms with Crippen molar-refractivity contribution >= 4 is 20.4 Å². The summed E-state index contributed by atoms with van der Waals surface area (Å²) >= 11 is -0.599. The fraction of sp³-hybridized carbons (Fsp3) is 0. The van der Waals surface area contributed by atoms with Crippen molar-refractivity contribution in [2.45, 2.75) is 0 Å². The van der Waals surface area contributed by atoms with Crippen molar-refractivity contribution in [2.75, 3.05) is 0 Å². The second-order valence-corrected chi connectivity index (χ2v) is 4.57. The lowest BCUT2D eigenvalue weighted by Crippen LogP contribution is -1.80. The van der Waals surface area contributed by atoms with Crippen molar-refractivity contribution in [3.05, 3.63) is 71.8 Å². The van der Waals surface area contributed by atoms with Crippen molar-refractivity contribution in [1.29, 1.82) is 0 Å². The van der Waals surface area contributed by atoms with Crippen molar-refractivity contribution in [2.24, 2.45) is 0 Å². The average Bonchev–Trinajstić information content (AvgIpc) is 2.41. The fourth-order valence-corrected chi connectivity index (χ4v) is 2.05. The molecule has 0 aliphatic heterocycles. The van der Waals surface area contributed by atoms with E-state index in [2.05, 4.69) is 19.9 Å². The van der Waals surface area contributed by atoms with Crippen LogP contribution >= 0.6 is 0 Å². The molecule has 0 nitrogen and oxygen atoms in total. The van der Waals surface area contributed by atoms with Crippen LogP contribution < -0.4 is 0 Å². The van der Waals surface area contributed by atoms with Gasteiger partial charge in [0.1, 0.15) is 0 Å². The van der Waals surface area contributed by atoms with Gasteiger partial charge < -0.3 is 0 Å². The van der Waals surface area contributed by atoms with Gasteiger partial charge in [0.15, 0.2) is 0 Å². The molecule has 0 bridgehead atoms. The Hall–Kier alpha value is -1.67. The zero-order valence-electron chi connectivity index (χ0n) is 9.48. The Morgan fingerprint density at radius 3 is 1.41 bits per heavy atom. The third-order valence-electron chi connectivity index (χ3n) is 2.19. The lowest BCUT2D eigenvalue weighted by molar-refractivity contribution is 1.65. The van der Waals surface area contributed by atoms with Gasteiger partial charge in [-0.3, -0.25) is 0 Å². The van der Waals surface area contributed by atoms with Crippen LogP contribution in [0.4, 0.5) is 0 Å². The molecular weight excluding hydrogens is 216 g/mol. The fourth-order valence-electron chi connectivity index (χ4n) is 1.38. The van der Waals surface area contributed by atoms with E-state index >= 15 is 0 Å². The molecule has 0 amide bonds. The quantitative estimate of drug-likeness (QED) is 0.479. The zero-order valence-corrected chi connectivity index (χ0v) is 10.9. The molecule has 0 atom stereocenters. The summed E-state index contributed by atoms with van der Waals surface area (Å²) in [6, 6.07) is 20.1. The Labute approximate surface area is 112 Å². The second kappa shape index (κ2) is 6.81. The molecule has 0 radical (unpaired) electrons. The molecule has 2 aromatic carbocycles. The van der Waals surface area contributed by atoms with Gasteiger partial charge in [-0.2, -0.15) is 0 Å². The average molecular weight is 227 g/mol. The highest BCUT2D eigenvalue weighted by Crippen LogP contribution is 1.95. The normalized spacial score (nSPS) is 8.00. The monoisotopic (exact) mass is 226 g/mol. The van der Waals surface area contributed by atoms with E-state index in [1.54, 1.807) is 0 Å². The summed E-state index contributed by atoms with van der Waals surface area (Å²) in [6.45, 7) is 0. The largest absolute Gasteiger partial charge is 0.579 e. The first kappa shape index (κ1) is 11.8. The highest BCUT2D eigenvalue weighted by molar-refractivity contribution is 6.55. The third kappa shape index (κ3) is 4.37. The predicted octanol–water partition coefficient (Wildman–Crippen LogP) is 2.71. The summed E-state index contributed by atoms with van der Waals surface area (Å²) in [5.74, 6) is 6.28. The molecule has 0 heterocycles. The summed E-state index contributed by atoms with van der Waals surface area (Å²) in [5, 5.41) is 0. The molecule has 2 aromatic rings. The van der Waals surface area contributed by atoms with Gasteiger partial charge in [0, 0.05) is 11.1 Å². The molecule has 0 spiro atoms. The van der Waals surface area contributed by atoms with Gasteiger partial charge in [-0.15, -0.1) is 11.8 Å². The maximum atomic E-state index is 3.19. The molecule has 0 N–H and O–H groups in total. The van der Waals surface area contributed by atoms with Gasteiger partial charge in [-0.25, -0.2) is 8.10 Å². The maximum absolute atomic E-state index is 3.19.